The molecule has 106 valence electrons. The van der Waals surface area contributed by atoms with Crippen molar-refractivity contribution in [1.82, 2.24) is 10.6 Å². The zero-order chi connectivity index (χ0) is 13.5. The number of nitrogens with one attached hydrogen (secondary N) is 2. The van der Waals surface area contributed by atoms with Gasteiger partial charge in [-0.25, -0.2) is 0 Å². The van der Waals surface area contributed by atoms with Crippen LogP contribution in [0, 0.1) is 23.2 Å². The molecule has 0 radical (unpaired) electrons. The van der Waals surface area contributed by atoms with Gasteiger partial charge in [-0.3, -0.25) is 0 Å². The van der Waals surface area contributed by atoms with Crippen LogP contribution in [0.1, 0.15) is 45.4 Å². The van der Waals surface area contributed by atoms with Gasteiger partial charge in [0, 0.05) is 12.6 Å². The van der Waals surface area contributed by atoms with Crippen molar-refractivity contribution in [3.63, 3.8) is 0 Å². The van der Waals surface area contributed by atoms with E-state index in [-0.39, 0.29) is 0 Å². The Balaban J connectivity index is 1.64. The third-order valence-electron chi connectivity index (χ3n) is 5.76. The van der Waals surface area contributed by atoms with Gasteiger partial charge in [0.15, 0.2) is 5.11 Å². The quantitative estimate of drug-likeness (QED) is 0.610. The summed E-state index contributed by atoms with van der Waals surface area (Å²) in [7, 11) is 0. The topological polar surface area (TPSA) is 24.1 Å². The average molecular weight is 278 g/mol. The predicted molar refractivity (Wildman–Crippen MR) is 84.0 cm³/mol. The Labute approximate surface area is 122 Å². The smallest absolute Gasteiger partial charge is 0.166 e. The van der Waals surface area contributed by atoms with Crippen LogP contribution in [0.5, 0.6) is 0 Å². The third-order valence-corrected chi connectivity index (χ3v) is 6.02. The predicted octanol–water partition coefficient (Wildman–Crippen LogP) is 3.24. The minimum absolute atomic E-state index is 0.505. The van der Waals surface area contributed by atoms with Crippen LogP contribution >= 0.6 is 12.2 Å². The lowest BCUT2D eigenvalue weighted by Gasteiger charge is -2.59. The van der Waals surface area contributed by atoms with Crippen LogP contribution in [0.4, 0.5) is 0 Å². The Bertz CT molecular complexity index is 342. The lowest BCUT2D eigenvalue weighted by atomic mass is 9.48. The van der Waals surface area contributed by atoms with E-state index < -0.39 is 0 Å². The summed E-state index contributed by atoms with van der Waals surface area (Å²) in [4.78, 5) is 0. The van der Waals surface area contributed by atoms with E-state index in [0.717, 1.165) is 29.4 Å². The summed E-state index contributed by atoms with van der Waals surface area (Å²) in [6, 6.07) is 0.505. The molecule has 0 aromatic heterocycles. The Morgan fingerprint density at radius 2 is 1.79 bits per heavy atom. The van der Waals surface area contributed by atoms with E-state index in [1.54, 1.807) is 0 Å². The normalized spacial score (nSPS) is 40.8. The van der Waals surface area contributed by atoms with Gasteiger partial charge in [0.2, 0.25) is 0 Å². The number of hydrogen-bond acceptors (Lipinski definition) is 1. The highest BCUT2D eigenvalue weighted by Crippen LogP contribution is 2.61. The van der Waals surface area contributed by atoms with Crippen molar-refractivity contribution < 1.29 is 0 Å². The zero-order valence-electron chi connectivity index (χ0n) is 12.0. The van der Waals surface area contributed by atoms with Crippen molar-refractivity contribution >= 4 is 17.3 Å². The monoisotopic (exact) mass is 278 g/mol. The minimum atomic E-state index is 0.505. The molecule has 4 aliphatic rings. The molecular formula is C16H26N2S. The molecule has 0 aromatic rings. The van der Waals surface area contributed by atoms with Crippen molar-refractivity contribution in [2.75, 3.05) is 6.54 Å². The molecule has 0 saturated heterocycles. The van der Waals surface area contributed by atoms with Gasteiger partial charge in [-0.05, 0) is 80.8 Å². The van der Waals surface area contributed by atoms with Gasteiger partial charge in [-0.15, -0.1) is 6.58 Å². The lowest BCUT2D eigenvalue weighted by Crippen LogP contribution is -2.57. The van der Waals surface area contributed by atoms with Crippen molar-refractivity contribution in [1.29, 1.82) is 0 Å². The Morgan fingerprint density at radius 3 is 2.26 bits per heavy atom. The summed E-state index contributed by atoms with van der Waals surface area (Å²) in [6.45, 7) is 6.81. The molecular weight excluding hydrogens is 252 g/mol. The molecule has 1 atom stereocenters. The van der Waals surface area contributed by atoms with Crippen LogP contribution in [0.3, 0.4) is 0 Å². The van der Waals surface area contributed by atoms with Gasteiger partial charge in [-0.2, -0.15) is 0 Å². The maximum absolute atomic E-state index is 5.38. The van der Waals surface area contributed by atoms with E-state index in [9.17, 15) is 0 Å². The summed E-state index contributed by atoms with van der Waals surface area (Å²) < 4.78 is 0. The molecule has 4 aliphatic carbocycles. The van der Waals surface area contributed by atoms with Gasteiger partial charge >= 0.3 is 0 Å². The van der Waals surface area contributed by atoms with Crippen LogP contribution in [-0.2, 0) is 0 Å². The summed E-state index contributed by atoms with van der Waals surface area (Å²) in [6.07, 6.45) is 10.6. The highest BCUT2D eigenvalue weighted by molar-refractivity contribution is 7.80. The number of hydrogen-bond donors (Lipinski definition) is 2. The molecule has 0 aliphatic heterocycles. The largest absolute Gasteiger partial charge is 0.360 e. The van der Waals surface area contributed by atoms with E-state index >= 15 is 0 Å². The molecule has 4 fully saturated rings. The van der Waals surface area contributed by atoms with Gasteiger partial charge in [-0.1, -0.05) is 6.08 Å². The highest BCUT2D eigenvalue weighted by Gasteiger charge is 2.53. The second kappa shape index (κ2) is 5.08. The Hall–Kier alpha value is -0.570. The standard InChI is InChI=1S/C16H26N2S/c1-3-4-17-15(19)18-11(2)16-8-12-5-13(9-16)7-14(6-12)10-16/h3,11-14H,1,4-10H2,2H3,(H2,17,18,19)/t11-,12?,13?,14?,16?/m1/s1. The number of rotatable bonds is 4. The lowest BCUT2D eigenvalue weighted by molar-refractivity contribution is -0.0672. The van der Waals surface area contributed by atoms with Crippen molar-refractivity contribution in [3.8, 4) is 0 Å². The Morgan fingerprint density at radius 1 is 1.26 bits per heavy atom. The molecule has 19 heavy (non-hydrogen) atoms. The van der Waals surface area contributed by atoms with E-state index in [2.05, 4.69) is 24.1 Å². The first-order chi connectivity index (χ1) is 9.11. The maximum Gasteiger partial charge on any atom is 0.166 e. The SMILES string of the molecule is C=CCNC(=S)N[C@H](C)C12CC3CC(CC(C3)C1)C2. The molecule has 0 unspecified atom stereocenters. The highest BCUT2D eigenvalue weighted by atomic mass is 32.1. The molecule has 0 heterocycles. The van der Waals surface area contributed by atoms with Crippen LogP contribution in [0.15, 0.2) is 12.7 Å². The summed E-state index contributed by atoms with van der Waals surface area (Å²) >= 11 is 5.38. The molecule has 4 bridgehead atoms. The van der Waals surface area contributed by atoms with E-state index in [1.807, 2.05) is 6.08 Å². The molecule has 0 spiro atoms. The van der Waals surface area contributed by atoms with E-state index in [0.29, 0.717) is 11.5 Å². The maximum atomic E-state index is 5.38. The molecule has 4 rings (SSSR count). The molecule has 0 aromatic carbocycles. The van der Waals surface area contributed by atoms with E-state index in [1.165, 1.54) is 38.5 Å². The second-order valence-corrected chi connectivity index (χ2v) is 7.55. The first kappa shape index (κ1) is 13.4. The van der Waals surface area contributed by atoms with Crippen LogP contribution < -0.4 is 10.6 Å². The number of thiocarbonyl (C=S) groups is 1. The molecule has 2 nitrogen and oxygen atoms in total. The second-order valence-electron chi connectivity index (χ2n) is 7.14. The van der Waals surface area contributed by atoms with Gasteiger partial charge in [0.05, 0.1) is 0 Å². The Kier molecular flexibility index (Phi) is 3.59. The first-order valence-electron chi connectivity index (χ1n) is 7.76. The van der Waals surface area contributed by atoms with Crippen molar-refractivity contribution in [2.24, 2.45) is 23.2 Å². The minimum Gasteiger partial charge on any atom is -0.360 e. The van der Waals surface area contributed by atoms with Crippen LogP contribution in [-0.4, -0.2) is 17.7 Å². The summed E-state index contributed by atoms with van der Waals surface area (Å²) in [5, 5.41) is 7.54. The van der Waals surface area contributed by atoms with Gasteiger partial charge in [0.25, 0.3) is 0 Å². The molecule has 0 amide bonds. The van der Waals surface area contributed by atoms with Crippen LogP contribution in [0.2, 0.25) is 0 Å². The molecule has 4 saturated carbocycles. The van der Waals surface area contributed by atoms with Crippen LogP contribution in [0.25, 0.3) is 0 Å². The zero-order valence-corrected chi connectivity index (χ0v) is 12.8. The molecule has 3 heteroatoms. The third kappa shape index (κ3) is 2.54. The average Bonchev–Trinajstić information content (AvgIpc) is 2.34. The van der Waals surface area contributed by atoms with Crippen molar-refractivity contribution in [2.45, 2.75) is 51.5 Å². The fourth-order valence-corrected chi connectivity index (χ4v) is 5.53. The molecule has 2 N–H and O–H groups in total. The van der Waals surface area contributed by atoms with E-state index in [4.69, 9.17) is 12.2 Å². The summed E-state index contributed by atoms with van der Waals surface area (Å²) in [5.41, 5.74) is 0.522. The van der Waals surface area contributed by atoms with Gasteiger partial charge < -0.3 is 10.6 Å². The summed E-state index contributed by atoms with van der Waals surface area (Å²) in [5.74, 6) is 3.01. The van der Waals surface area contributed by atoms with Crippen molar-refractivity contribution in [3.05, 3.63) is 12.7 Å². The fourth-order valence-electron chi connectivity index (χ4n) is 5.27. The first-order valence-corrected chi connectivity index (χ1v) is 8.17. The van der Waals surface area contributed by atoms with Gasteiger partial charge in [0.1, 0.15) is 0 Å². The fraction of sp³-hybridized carbons (Fsp3) is 0.812.